The smallest absolute Gasteiger partial charge is 0.222 e. The van der Waals surface area contributed by atoms with Gasteiger partial charge in [0.2, 0.25) is 5.91 Å². The number of rotatable bonds is 4. The van der Waals surface area contributed by atoms with Crippen LogP contribution < -0.4 is 5.32 Å². The third-order valence-electron chi connectivity index (χ3n) is 2.71. The average molecular weight is 199 g/mol. The number of hydrogen-bond acceptors (Lipinski definition) is 3. The van der Waals surface area contributed by atoms with E-state index in [1.165, 1.54) is 0 Å². The maximum Gasteiger partial charge on any atom is 0.222 e. The van der Waals surface area contributed by atoms with Crippen molar-refractivity contribution in [2.75, 3.05) is 46.3 Å². The molecule has 0 atom stereocenters. The maximum atomic E-state index is 11.4. The van der Waals surface area contributed by atoms with Crippen LogP contribution in [0.25, 0.3) is 0 Å². The Balaban J connectivity index is 2.20. The molecule has 0 aromatic carbocycles. The lowest BCUT2D eigenvalue weighted by atomic mass is 10.3. The number of carbonyl (C=O) groups excluding carboxylic acids is 1. The van der Waals surface area contributed by atoms with Crippen molar-refractivity contribution >= 4 is 5.91 Å². The molecule has 0 bridgehead atoms. The summed E-state index contributed by atoms with van der Waals surface area (Å²) < 4.78 is 0. The topological polar surface area (TPSA) is 35.6 Å². The molecule has 1 fully saturated rings. The molecule has 1 aliphatic heterocycles. The summed E-state index contributed by atoms with van der Waals surface area (Å²) in [6.07, 6.45) is 0.635. The summed E-state index contributed by atoms with van der Waals surface area (Å²) in [5, 5.41) is 3.14. The molecule has 82 valence electrons. The summed E-state index contributed by atoms with van der Waals surface area (Å²) in [6.45, 7) is 7.88. The monoisotopic (exact) mass is 199 g/mol. The number of hydrogen-bond donors (Lipinski definition) is 1. The summed E-state index contributed by atoms with van der Waals surface area (Å²) in [7, 11) is 1.97. The lowest BCUT2D eigenvalue weighted by molar-refractivity contribution is -0.132. The van der Waals surface area contributed by atoms with Gasteiger partial charge in [-0.25, -0.2) is 0 Å². The molecule has 1 aliphatic rings. The van der Waals surface area contributed by atoms with Gasteiger partial charge in [-0.05, 0) is 7.05 Å². The average Bonchev–Trinajstić information content (AvgIpc) is 2.26. The second-order valence-corrected chi connectivity index (χ2v) is 3.68. The van der Waals surface area contributed by atoms with Crippen molar-refractivity contribution in [3.63, 3.8) is 0 Å². The summed E-state index contributed by atoms with van der Waals surface area (Å²) in [5.74, 6) is 0.290. The molecule has 14 heavy (non-hydrogen) atoms. The van der Waals surface area contributed by atoms with E-state index in [-0.39, 0.29) is 0 Å². The van der Waals surface area contributed by atoms with Gasteiger partial charge in [-0.2, -0.15) is 0 Å². The highest BCUT2D eigenvalue weighted by molar-refractivity contribution is 5.75. The van der Waals surface area contributed by atoms with Gasteiger partial charge in [0.15, 0.2) is 0 Å². The van der Waals surface area contributed by atoms with Gasteiger partial charge in [-0.15, -0.1) is 0 Å². The molecule has 1 N–H and O–H groups in total. The van der Waals surface area contributed by atoms with Crippen LogP contribution in [0.1, 0.15) is 13.3 Å². The van der Waals surface area contributed by atoms with Crippen LogP contribution in [0.15, 0.2) is 0 Å². The Morgan fingerprint density at radius 3 is 2.43 bits per heavy atom. The van der Waals surface area contributed by atoms with Crippen molar-refractivity contribution in [1.29, 1.82) is 0 Å². The summed E-state index contributed by atoms with van der Waals surface area (Å²) in [5.41, 5.74) is 0. The second-order valence-electron chi connectivity index (χ2n) is 3.68. The SMILES string of the molecule is CCC(=O)N1CCN(CCNC)CC1. The van der Waals surface area contributed by atoms with Crippen molar-refractivity contribution in [2.45, 2.75) is 13.3 Å². The molecule has 4 heteroatoms. The van der Waals surface area contributed by atoms with Crippen LogP contribution >= 0.6 is 0 Å². The van der Waals surface area contributed by atoms with E-state index in [1.54, 1.807) is 0 Å². The van der Waals surface area contributed by atoms with Crippen LogP contribution in [-0.2, 0) is 4.79 Å². The van der Waals surface area contributed by atoms with Crippen LogP contribution in [0, 0.1) is 0 Å². The van der Waals surface area contributed by atoms with Gasteiger partial charge in [0.25, 0.3) is 0 Å². The van der Waals surface area contributed by atoms with E-state index in [1.807, 2.05) is 18.9 Å². The third-order valence-corrected chi connectivity index (χ3v) is 2.71. The Morgan fingerprint density at radius 2 is 1.93 bits per heavy atom. The number of carbonyl (C=O) groups is 1. The van der Waals surface area contributed by atoms with E-state index in [0.717, 1.165) is 39.3 Å². The van der Waals surface area contributed by atoms with E-state index in [2.05, 4.69) is 10.2 Å². The van der Waals surface area contributed by atoms with Gasteiger partial charge in [0.05, 0.1) is 0 Å². The number of nitrogens with zero attached hydrogens (tertiary/aromatic N) is 2. The maximum absolute atomic E-state index is 11.4. The van der Waals surface area contributed by atoms with Crippen LogP contribution in [0.3, 0.4) is 0 Å². The molecular weight excluding hydrogens is 178 g/mol. The van der Waals surface area contributed by atoms with Crippen molar-refractivity contribution in [2.24, 2.45) is 0 Å². The first-order valence-electron chi connectivity index (χ1n) is 5.42. The molecule has 1 saturated heterocycles. The standard InChI is InChI=1S/C10H21N3O/c1-3-10(14)13-8-6-12(7-9-13)5-4-11-2/h11H,3-9H2,1-2H3. The molecular formula is C10H21N3O. The summed E-state index contributed by atoms with van der Waals surface area (Å²) in [6, 6.07) is 0. The molecule has 0 spiro atoms. The molecule has 1 amide bonds. The number of likely N-dealkylation sites (N-methyl/N-ethyl adjacent to an activating group) is 1. The lowest BCUT2D eigenvalue weighted by Gasteiger charge is -2.34. The molecule has 1 heterocycles. The van der Waals surface area contributed by atoms with Gasteiger partial charge in [0, 0.05) is 45.7 Å². The minimum Gasteiger partial charge on any atom is -0.340 e. The van der Waals surface area contributed by atoms with Crippen LogP contribution in [0.2, 0.25) is 0 Å². The first-order chi connectivity index (χ1) is 6.77. The molecule has 0 unspecified atom stereocenters. The first-order valence-corrected chi connectivity index (χ1v) is 5.42. The summed E-state index contributed by atoms with van der Waals surface area (Å²) in [4.78, 5) is 15.7. The van der Waals surface area contributed by atoms with Gasteiger partial charge < -0.3 is 10.2 Å². The Hall–Kier alpha value is -0.610. The first kappa shape index (κ1) is 11.5. The fourth-order valence-corrected chi connectivity index (χ4v) is 1.71. The van der Waals surface area contributed by atoms with Crippen LogP contribution in [0.4, 0.5) is 0 Å². The van der Waals surface area contributed by atoms with E-state index >= 15 is 0 Å². The van der Waals surface area contributed by atoms with E-state index in [0.29, 0.717) is 12.3 Å². The predicted molar refractivity (Wildman–Crippen MR) is 57.2 cm³/mol. The lowest BCUT2D eigenvalue weighted by Crippen LogP contribution is -2.49. The highest BCUT2D eigenvalue weighted by Gasteiger charge is 2.18. The Bertz CT molecular complexity index is 176. The largest absolute Gasteiger partial charge is 0.340 e. The Labute approximate surface area is 86.2 Å². The normalized spacial score (nSPS) is 18.6. The van der Waals surface area contributed by atoms with Gasteiger partial charge in [-0.1, -0.05) is 6.92 Å². The Kier molecular flexibility index (Phi) is 4.90. The molecule has 0 saturated carbocycles. The van der Waals surface area contributed by atoms with Crippen LogP contribution in [0.5, 0.6) is 0 Å². The van der Waals surface area contributed by atoms with E-state index < -0.39 is 0 Å². The van der Waals surface area contributed by atoms with Gasteiger partial charge in [-0.3, -0.25) is 9.69 Å². The number of piperazine rings is 1. The van der Waals surface area contributed by atoms with E-state index in [4.69, 9.17) is 0 Å². The molecule has 4 nitrogen and oxygen atoms in total. The highest BCUT2D eigenvalue weighted by atomic mass is 16.2. The zero-order valence-electron chi connectivity index (χ0n) is 9.25. The molecule has 0 aliphatic carbocycles. The zero-order chi connectivity index (χ0) is 10.4. The Morgan fingerprint density at radius 1 is 1.29 bits per heavy atom. The number of amides is 1. The minimum absolute atomic E-state index is 0.290. The fraction of sp³-hybridized carbons (Fsp3) is 0.900. The van der Waals surface area contributed by atoms with Gasteiger partial charge in [0.1, 0.15) is 0 Å². The minimum atomic E-state index is 0.290. The second kappa shape index (κ2) is 5.98. The van der Waals surface area contributed by atoms with Crippen molar-refractivity contribution < 1.29 is 4.79 Å². The fourth-order valence-electron chi connectivity index (χ4n) is 1.71. The van der Waals surface area contributed by atoms with Crippen molar-refractivity contribution in [1.82, 2.24) is 15.1 Å². The van der Waals surface area contributed by atoms with Crippen molar-refractivity contribution in [3.8, 4) is 0 Å². The predicted octanol–water partition coefficient (Wildman–Crippen LogP) is -0.240. The molecule has 0 radical (unpaired) electrons. The molecule has 1 rings (SSSR count). The van der Waals surface area contributed by atoms with E-state index in [9.17, 15) is 4.79 Å². The number of nitrogens with one attached hydrogen (secondary N) is 1. The van der Waals surface area contributed by atoms with Gasteiger partial charge >= 0.3 is 0 Å². The summed E-state index contributed by atoms with van der Waals surface area (Å²) >= 11 is 0. The highest BCUT2D eigenvalue weighted by Crippen LogP contribution is 2.02. The quantitative estimate of drug-likeness (QED) is 0.679. The zero-order valence-corrected chi connectivity index (χ0v) is 9.25. The third kappa shape index (κ3) is 3.27. The molecule has 0 aromatic heterocycles. The van der Waals surface area contributed by atoms with Crippen LogP contribution in [-0.4, -0.2) is 62.0 Å². The van der Waals surface area contributed by atoms with Crippen molar-refractivity contribution in [3.05, 3.63) is 0 Å². The molecule has 0 aromatic rings.